The molecule has 0 saturated heterocycles. The first-order valence-electron chi connectivity index (χ1n) is 5.36. The highest BCUT2D eigenvalue weighted by atomic mass is 35.5. The first kappa shape index (κ1) is 15.2. The Morgan fingerprint density at radius 3 is 2.50 bits per heavy atom. The van der Waals surface area contributed by atoms with Crippen molar-refractivity contribution in [3.8, 4) is 0 Å². The third-order valence-electron chi connectivity index (χ3n) is 2.48. The van der Waals surface area contributed by atoms with Crippen LogP contribution in [-0.4, -0.2) is 28.7 Å². The molecule has 1 heterocycles. The maximum Gasteiger partial charge on any atom is 0.319 e. The lowest BCUT2D eigenvalue weighted by Crippen LogP contribution is -2.38. The van der Waals surface area contributed by atoms with E-state index in [1.54, 1.807) is 7.05 Å². The van der Waals surface area contributed by atoms with Gasteiger partial charge < -0.3 is 5.32 Å². The molecule has 3 nitrogen and oxygen atoms in total. The summed E-state index contributed by atoms with van der Waals surface area (Å²) < 4.78 is 50.6. The molecule has 0 radical (unpaired) electrons. The van der Waals surface area contributed by atoms with E-state index in [2.05, 4.69) is 10.4 Å². The van der Waals surface area contributed by atoms with Crippen molar-refractivity contribution in [3.05, 3.63) is 16.4 Å². The second-order valence-electron chi connectivity index (χ2n) is 3.85. The number of aryl methyl sites for hydroxylation is 2. The minimum Gasteiger partial charge on any atom is -0.305 e. The summed E-state index contributed by atoms with van der Waals surface area (Å²) in [7, 11) is 1.62. The highest BCUT2D eigenvalue weighted by Gasteiger charge is 2.40. The molecule has 0 aliphatic carbocycles. The molecule has 104 valence electrons. The standard InChI is InChI=1S/C10H14ClF4N3/c1-3-6-8(11)7(18(2)17-6)4-16-5-10(14,15)9(12)13/h9,16H,3-5H2,1-2H3. The van der Waals surface area contributed by atoms with Crippen molar-refractivity contribution < 1.29 is 17.6 Å². The molecule has 0 amide bonds. The average Bonchev–Trinajstić information content (AvgIpc) is 2.55. The molecular formula is C10H14ClF4N3. The quantitative estimate of drug-likeness (QED) is 0.815. The fourth-order valence-corrected chi connectivity index (χ4v) is 1.80. The monoisotopic (exact) mass is 287 g/mol. The average molecular weight is 288 g/mol. The minimum atomic E-state index is -4.04. The van der Waals surface area contributed by atoms with Gasteiger partial charge in [0.1, 0.15) is 0 Å². The smallest absolute Gasteiger partial charge is 0.305 e. The summed E-state index contributed by atoms with van der Waals surface area (Å²) in [6.07, 6.45) is -3.07. The van der Waals surface area contributed by atoms with Crippen LogP contribution in [0.15, 0.2) is 0 Å². The third-order valence-corrected chi connectivity index (χ3v) is 2.91. The second kappa shape index (κ2) is 5.88. The normalized spacial score (nSPS) is 12.4. The van der Waals surface area contributed by atoms with Crippen LogP contribution in [0.2, 0.25) is 5.02 Å². The molecule has 0 bridgehead atoms. The van der Waals surface area contributed by atoms with Gasteiger partial charge in [0.05, 0.1) is 23.0 Å². The summed E-state index contributed by atoms with van der Waals surface area (Å²) in [6, 6.07) is 0. The Kier molecular flexibility index (Phi) is 4.98. The Balaban J connectivity index is 2.62. The van der Waals surface area contributed by atoms with E-state index < -0.39 is 18.9 Å². The van der Waals surface area contributed by atoms with Crippen molar-refractivity contribution in [2.45, 2.75) is 32.2 Å². The van der Waals surface area contributed by atoms with E-state index in [9.17, 15) is 17.6 Å². The lowest BCUT2D eigenvalue weighted by atomic mass is 10.3. The summed E-state index contributed by atoms with van der Waals surface area (Å²) >= 11 is 5.98. The van der Waals surface area contributed by atoms with E-state index >= 15 is 0 Å². The second-order valence-corrected chi connectivity index (χ2v) is 4.23. The molecule has 1 rings (SSSR count). The van der Waals surface area contributed by atoms with Crippen LogP contribution in [0, 0.1) is 0 Å². The van der Waals surface area contributed by atoms with Crippen molar-refractivity contribution in [2.75, 3.05) is 6.54 Å². The van der Waals surface area contributed by atoms with E-state index in [1.807, 2.05) is 6.92 Å². The number of aromatic nitrogens is 2. The van der Waals surface area contributed by atoms with Crippen molar-refractivity contribution in [1.82, 2.24) is 15.1 Å². The van der Waals surface area contributed by atoms with E-state index in [1.165, 1.54) is 4.68 Å². The predicted octanol–water partition coefficient (Wildman–Crippen LogP) is 2.63. The molecule has 0 saturated carbocycles. The molecule has 0 aromatic carbocycles. The summed E-state index contributed by atoms with van der Waals surface area (Å²) in [5.41, 5.74) is 1.15. The molecule has 1 aromatic heterocycles. The van der Waals surface area contributed by atoms with Gasteiger partial charge in [0.15, 0.2) is 0 Å². The molecule has 1 aromatic rings. The Morgan fingerprint density at radius 2 is 2.06 bits per heavy atom. The fourth-order valence-electron chi connectivity index (χ4n) is 1.44. The number of halogens is 5. The first-order chi connectivity index (χ1) is 8.29. The van der Waals surface area contributed by atoms with E-state index in [0.717, 1.165) is 0 Å². The maximum atomic E-state index is 12.7. The van der Waals surface area contributed by atoms with Gasteiger partial charge in [0.25, 0.3) is 0 Å². The van der Waals surface area contributed by atoms with Crippen LogP contribution < -0.4 is 5.32 Å². The Hall–Kier alpha value is -0.820. The van der Waals surface area contributed by atoms with Gasteiger partial charge in [0.2, 0.25) is 0 Å². The molecule has 0 unspecified atom stereocenters. The molecular weight excluding hydrogens is 274 g/mol. The first-order valence-corrected chi connectivity index (χ1v) is 5.74. The van der Waals surface area contributed by atoms with Crippen LogP contribution in [0.5, 0.6) is 0 Å². The zero-order valence-corrected chi connectivity index (χ0v) is 10.7. The maximum absolute atomic E-state index is 12.7. The summed E-state index contributed by atoms with van der Waals surface area (Å²) in [6.45, 7) is 0.717. The topological polar surface area (TPSA) is 29.9 Å². The highest BCUT2D eigenvalue weighted by molar-refractivity contribution is 6.31. The fraction of sp³-hybridized carbons (Fsp3) is 0.700. The molecule has 0 aliphatic rings. The van der Waals surface area contributed by atoms with Crippen LogP contribution in [-0.2, 0) is 20.0 Å². The lowest BCUT2D eigenvalue weighted by molar-refractivity contribution is -0.125. The van der Waals surface area contributed by atoms with Crippen LogP contribution in [0.25, 0.3) is 0 Å². The van der Waals surface area contributed by atoms with Crippen molar-refractivity contribution in [3.63, 3.8) is 0 Å². The number of hydrogen-bond acceptors (Lipinski definition) is 2. The van der Waals surface area contributed by atoms with Gasteiger partial charge in [-0.2, -0.15) is 13.9 Å². The van der Waals surface area contributed by atoms with Crippen LogP contribution >= 0.6 is 11.6 Å². The van der Waals surface area contributed by atoms with Gasteiger partial charge in [-0.15, -0.1) is 0 Å². The highest BCUT2D eigenvalue weighted by Crippen LogP contribution is 2.23. The zero-order valence-electron chi connectivity index (χ0n) is 9.98. The molecule has 18 heavy (non-hydrogen) atoms. The zero-order chi connectivity index (χ0) is 13.9. The van der Waals surface area contributed by atoms with Crippen molar-refractivity contribution in [1.29, 1.82) is 0 Å². The molecule has 1 N–H and O–H groups in total. The number of rotatable bonds is 6. The van der Waals surface area contributed by atoms with Gasteiger partial charge in [-0.1, -0.05) is 18.5 Å². The van der Waals surface area contributed by atoms with E-state index in [0.29, 0.717) is 22.8 Å². The largest absolute Gasteiger partial charge is 0.319 e. The van der Waals surface area contributed by atoms with Crippen LogP contribution in [0.1, 0.15) is 18.3 Å². The van der Waals surface area contributed by atoms with Gasteiger partial charge >= 0.3 is 12.3 Å². The molecule has 0 fully saturated rings. The van der Waals surface area contributed by atoms with Crippen molar-refractivity contribution in [2.24, 2.45) is 7.05 Å². The van der Waals surface area contributed by atoms with E-state index in [4.69, 9.17) is 11.6 Å². The summed E-state index contributed by atoms with van der Waals surface area (Å²) in [5, 5.41) is 6.74. The van der Waals surface area contributed by atoms with Gasteiger partial charge in [-0.05, 0) is 6.42 Å². The number of hydrogen-bond donors (Lipinski definition) is 1. The molecule has 8 heteroatoms. The lowest BCUT2D eigenvalue weighted by Gasteiger charge is -2.15. The van der Waals surface area contributed by atoms with Gasteiger partial charge in [0, 0.05) is 13.6 Å². The number of nitrogens with one attached hydrogen (secondary N) is 1. The number of alkyl halides is 4. The SMILES string of the molecule is CCc1nn(C)c(CNCC(F)(F)C(F)F)c1Cl. The van der Waals surface area contributed by atoms with Crippen molar-refractivity contribution >= 4 is 11.6 Å². The van der Waals surface area contributed by atoms with Gasteiger partial charge in [-0.3, -0.25) is 4.68 Å². The Bertz CT molecular complexity index is 406. The summed E-state index contributed by atoms with van der Waals surface area (Å²) in [4.78, 5) is 0. The molecule has 0 spiro atoms. The third kappa shape index (κ3) is 3.35. The Morgan fingerprint density at radius 1 is 1.44 bits per heavy atom. The molecule has 0 atom stereocenters. The minimum absolute atomic E-state index is 0.0371. The van der Waals surface area contributed by atoms with Gasteiger partial charge in [-0.25, -0.2) is 8.78 Å². The van der Waals surface area contributed by atoms with Crippen LogP contribution in [0.3, 0.4) is 0 Å². The predicted molar refractivity (Wildman–Crippen MR) is 60.3 cm³/mol. The van der Waals surface area contributed by atoms with Crippen LogP contribution in [0.4, 0.5) is 17.6 Å². The summed E-state index contributed by atoms with van der Waals surface area (Å²) in [5.74, 6) is -4.04. The van der Waals surface area contributed by atoms with E-state index in [-0.39, 0.29) is 6.54 Å². The number of nitrogens with zero attached hydrogens (tertiary/aromatic N) is 2. The Labute approximate surface area is 107 Å². The molecule has 0 aliphatic heterocycles.